The number of pyridine rings is 1. The first-order valence-electron chi connectivity index (χ1n) is 12.7. The number of ether oxygens (including phenoxy) is 2. The molecule has 1 atom stereocenters. The van der Waals surface area contributed by atoms with E-state index in [-0.39, 0.29) is 42.7 Å². The maximum atomic E-state index is 14.4. The van der Waals surface area contributed by atoms with Gasteiger partial charge in [-0.05, 0) is 29.3 Å². The van der Waals surface area contributed by atoms with Gasteiger partial charge in [-0.3, -0.25) is 19.3 Å². The highest BCUT2D eigenvalue weighted by Gasteiger charge is 2.37. The number of benzene rings is 3. The molecule has 8 heteroatoms. The smallest absolute Gasteiger partial charge is 0.278 e. The third-order valence-corrected chi connectivity index (χ3v) is 6.85. The van der Waals surface area contributed by atoms with E-state index in [2.05, 4.69) is 0 Å². The zero-order valence-electron chi connectivity index (χ0n) is 21.1. The van der Waals surface area contributed by atoms with Crippen LogP contribution < -0.4 is 19.9 Å². The van der Waals surface area contributed by atoms with Gasteiger partial charge in [0.15, 0.2) is 11.4 Å². The summed E-state index contributed by atoms with van der Waals surface area (Å²) in [6, 6.07) is 24.6. The lowest BCUT2D eigenvalue weighted by Gasteiger charge is -2.44. The van der Waals surface area contributed by atoms with E-state index in [1.54, 1.807) is 27.9 Å². The van der Waals surface area contributed by atoms with Crippen LogP contribution in [-0.4, -0.2) is 35.3 Å². The van der Waals surface area contributed by atoms with Crippen molar-refractivity contribution in [2.45, 2.75) is 12.6 Å². The summed E-state index contributed by atoms with van der Waals surface area (Å²) in [6.45, 7) is 0.869. The topological polar surface area (TPSA) is 64.0 Å². The van der Waals surface area contributed by atoms with E-state index in [0.717, 1.165) is 16.7 Å². The Labute approximate surface area is 224 Å². The molecular formula is C31H26FN3O4. The number of carbonyl (C=O) groups excluding carboxylic acids is 1. The fourth-order valence-electron chi connectivity index (χ4n) is 5.01. The summed E-state index contributed by atoms with van der Waals surface area (Å²) in [5, 5.41) is 1.97. The van der Waals surface area contributed by atoms with Gasteiger partial charge in [-0.25, -0.2) is 4.39 Å². The molecule has 0 fully saturated rings. The van der Waals surface area contributed by atoms with Crippen LogP contribution in [0, 0.1) is 5.82 Å². The first-order chi connectivity index (χ1) is 19.1. The summed E-state index contributed by atoms with van der Waals surface area (Å²) < 4.78 is 28.1. The fourth-order valence-corrected chi connectivity index (χ4v) is 5.01. The zero-order chi connectivity index (χ0) is 26.8. The fraction of sp³-hybridized carbons (Fsp3) is 0.161. The van der Waals surface area contributed by atoms with Crippen molar-refractivity contribution in [2.24, 2.45) is 0 Å². The molecule has 3 heterocycles. The third-order valence-electron chi connectivity index (χ3n) is 6.85. The molecule has 0 spiro atoms. The normalized spacial score (nSPS) is 17.4. The first-order valence-corrected chi connectivity index (χ1v) is 12.7. The molecule has 1 unspecified atom stereocenters. The summed E-state index contributed by atoms with van der Waals surface area (Å²) in [6.07, 6.45) is 5.23. The predicted octanol–water partition coefficient (Wildman–Crippen LogP) is 4.66. The van der Waals surface area contributed by atoms with Crippen LogP contribution in [-0.2, 0) is 6.61 Å². The van der Waals surface area contributed by atoms with Crippen molar-refractivity contribution < 1.29 is 18.7 Å². The van der Waals surface area contributed by atoms with Crippen molar-refractivity contribution in [3.05, 3.63) is 142 Å². The number of carbonyl (C=O) groups is 1. The van der Waals surface area contributed by atoms with Crippen LogP contribution in [0.1, 0.15) is 33.2 Å². The van der Waals surface area contributed by atoms with Gasteiger partial charge in [0, 0.05) is 30.4 Å². The molecule has 6 rings (SSSR count). The van der Waals surface area contributed by atoms with Crippen LogP contribution in [0.5, 0.6) is 11.5 Å². The monoisotopic (exact) mass is 523 g/mol. The van der Waals surface area contributed by atoms with Crippen LogP contribution in [0.15, 0.2) is 108 Å². The van der Waals surface area contributed by atoms with Crippen molar-refractivity contribution in [3.8, 4) is 11.5 Å². The summed E-state index contributed by atoms with van der Waals surface area (Å²) in [5.41, 5.74) is 2.27. The van der Waals surface area contributed by atoms with Crippen molar-refractivity contribution in [1.82, 2.24) is 9.58 Å². The molecule has 3 aromatic carbocycles. The largest absolute Gasteiger partial charge is 0.489 e. The van der Waals surface area contributed by atoms with Crippen LogP contribution in [0.25, 0.3) is 0 Å². The van der Waals surface area contributed by atoms with Crippen LogP contribution in [0.2, 0.25) is 0 Å². The maximum absolute atomic E-state index is 14.4. The average molecular weight is 524 g/mol. The highest BCUT2D eigenvalue weighted by molar-refractivity contribution is 5.96. The van der Waals surface area contributed by atoms with E-state index in [1.807, 2.05) is 71.7 Å². The molecule has 2 aliphatic heterocycles. The molecule has 4 aromatic rings. The second-order valence-electron chi connectivity index (χ2n) is 9.36. The second kappa shape index (κ2) is 10.5. The Hall–Kier alpha value is -4.85. The van der Waals surface area contributed by atoms with Crippen molar-refractivity contribution >= 4 is 5.91 Å². The highest BCUT2D eigenvalue weighted by atomic mass is 19.1. The molecule has 0 N–H and O–H groups in total. The van der Waals surface area contributed by atoms with Gasteiger partial charge in [0.25, 0.3) is 5.91 Å². The number of amides is 1. The number of aromatic nitrogens is 1. The van der Waals surface area contributed by atoms with Gasteiger partial charge in [-0.15, -0.1) is 0 Å². The van der Waals surface area contributed by atoms with Gasteiger partial charge < -0.3 is 14.4 Å². The molecule has 2 aliphatic rings. The summed E-state index contributed by atoms with van der Waals surface area (Å²) in [4.78, 5) is 28.6. The Morgan fingerprint density at radius 1 is 0.923 bits per heavy atom. The van der Waals surface area contributed by atoms with E-state index in [0.29, 0.717) is 12.3 Å². The van der Waals surface area contributed by atoms with Gasteiger partial charge in [0.05, 0.1) is 0 Å². The number of rotatable bonds is 4. The quantitative estimate of drug-likeness (QED) is 0.364. The van der Waals surface area contributed by atoms with Crippen LogP contribution >= 0.6 is 0 Å². The van der Waals surface area contributed by atoms with Gasteiger partial charge >= 0.3 is 0 Å². The third kappa shape index (κ3) is 4.77. The van der Waals surface area contributed by atoms with E-state index in [9.17, 15) is 14.0 Å². The number of hydrogen-bond acceptors (Lipinski definition) is 5. The Morgan fingerprint density at radius 3 is 2.49 bits per heavy atom. The average Bonchev–Trinajstić information content (AvgIpc) is 2.99. The molecular weight excluding hydrogens is 497 g/mol. The van der Waals surface area contributed by atoms with Crippen LogP contribution in [0.4, 0.5) is 4.39 Å². The standard InChI is InChI=1S/C31H26FN3O4/c32-24-13-14-25-27(19-24)38-18-8-7-16-33-21-35(28(25)23-11-5-2-6-12-23)34-17-15-26(36)30(29(34)31(33)37)39-20-22-9-3-1-4-10-22/h1-15,17,19,28H,16,18,20-21H2/b8-7-. The predicted molar refractivity (Wildman–Crippen MR) is 145 cm³/mol. The minimum absolute atomic E-state index is 0.0118. The minimum atomic E-state index is -0.473. The molecule has 39 heavy (non-hydrogen) atoms. The van der Waals surface area contributed by atoms with Gasteiger partial charge in [-0.1, -0.05) is 66.7 Å². The van der Waals surface area contributed by atoms with Crippen molar-refractivity contribution in [2.75, 3.05) is 24.8 Å². The summed E-state index contributed by atoms with van der Waals surface area (Å²) >= 11 is 0. The molecule has 1 aromatic heterocycles. The Morgan fingerprint density at radius 2 is 1.69 bits per heavy atom. The molecule has 2 bridgehead atoms. The molecule has 0 aliphatic carbocycles. The highest BCUT2D eigenvalue weighted by Crippen LogP contribution is 2.37. The minimum Gasteiger partial charge on any atom is -0.489 e. The lowest BCUT2D eigenvalue weighted by atomic mass is 9.97. The van der Waals surface area contributed by atoms with Crippen molar-refractivity contribution in [3.63, 3.8) is 0 Å². The molecule has 1 amide bonds. The molecule has 0 saturated heterocycles. The van der Waals surface area contributed by atoms with E-state index in [1.165, 1.54) is 18.2 Å². The molecule has 196 valence electrons. The first kappa shape index (κ1) is 24.5. The van der Waals surface area contributed by atoms with Gasteiger partial charge in [0.2, 0.25) is 5.43 Å². The molecule has 0 radical (unpaired) electrons. The van der Waals surface area contributed by atoms with E-state index in [4.69, 9.17) is 9.47 Å². The lowest BCUT2D eigenvalue weighted by molar-refractivity contribution is 0.0698. The summed E-state index contributed by atoms with van der Waals surface area (Å²) in [5.74, 6) is -0.331. The van der Waals surface area contributed by atoms with E-state index >= 15 is 0 Å². The molecule has 7 nitrogen and oxygen atoms in total. The Bertz CT molecular complexity index is 1590. The number of halogens is 1. The number of hydrogen-bond donors (Lipinski definition) is 0. The van der Waals surface area contributed by atoms with Crippen LogP contribution in [0.3, 0.4) is 0 Å². The summed E-state index contributed by atoms with van der Waals surface area (Å²) in [7, 11) is 0. The SMILES string of the molecule is O=C1c2c(OCc3ccccc3)c(=O)ccn2N2CN1C/C=C\COc1cc(F)ccc1C2c1ccccc1. The number of fused-ring (bicyclic) bond motifs is 5. The van der Waals surface area contributed by atoms with E-state index < -0.39 is 11.9 Å². The maximum Gasteiger partial charge on any atom is 0.278 e. The van der Waals surface area contributed by atoms with Gasteiger partial charge in [0.1, 0.15) is 37.5 Å². The Balaban J connectivity index is 1.55. The van der Waals surface area contributed by atoms with Crippen molar-refractivity contribution in [1.29, 1.82) is 0 Å². The molecule has 0 saturated carbocycles. The second-order valence-corrected chi connectivity index (χ2v) is 9.36. The lowest BCUT2D eigenvalue weighted by Crippen LogP contribution is -2.55. The number of nitrogens with zero attached hydrogens (tertiary/aromatic N) is 3. The zero-order valence-corrected chi connectivity index (χ0v) is 21.1. The van der Waals surface area contributed by atoms with Gasteiger partial charge in [-0.2, -0.15) is 0 Å². The Kier molecular flexibility index (Phi) is 6.59.